The number of methoxy groups -OCH3 is 1. The SMILES string of the molecule is CNC(=O)C(C)Cn1cnc2ccc(-c3cnc(OC)c(NS(=O)(=O)c4cc(C)ccc4C)c3)cc2c1=O. The van der Waals surface area contributed by atoms with Crippen LogP contribution in [0, 0.1) is 19.8 Å². The molecule has 4 aromatic rings. The maximum absolute atomic E-state index is 13.2. The molecule has 1 atom stereocenters. The molecule has 10 nitrogen and oxygen atoms in total. The first kappa shape index (κ1) is 26.8. The van der Waals surface area contributed by atoms with Crippen LogP contribution in [0.2, 0.25) is 0 Å². The highest BCUT2D eigenvalue weighted by molar-refractivity contribution is 7.92. The number of aromatic nitrogens is 3. The summed E-state index contributed by atoms with van der Waals surface area (Å²) < 4.78 is 35.8. The van der Waals surface area contributed by atoms with Crippen LogP contribution in [-0.4, -0.2) is 43.0 Å². The standard InChI is InChI=1S/C27H29N5O5S/c1-16-6-7-17(2)24(10-16)38(35,36)31-23-12-20(13-29-26(23)37-5)19-8-9-22-21(11-19)27(34)32(15-30-22)14-18(3)25(33)28-4/h6-13,15,18,31H,14H2,1-5H3,(H,28,33). The summed E-state index contributed by atoms with van der Waals surface area (Å²) in [4.78, 5) is 33.9. The van der Waals surface area contributed by atoms with E-state index in [1.807, 2.05) is 13.0 Å². The lowest BCUT2D eigenvalue weighted by molar-refractivity contribution is -0.124. The summed E-state index contributed by atoms with van der Waals surface area (Å²) in [5.41, 5.74) is 3.00. The number of carbonyl (C=O) groups excluding carboxylic acids is 1. The Kier molecular flexibility index (Phi) is 7.49. The minimum absolute atomic E-state index is 0.107. The molecule has 1 unspecified atom stereocenters. The molecule has 2 heterocycles. The van der Waals surface area contributed by atoms with E-state index in [0.717, 1.165) is 5.56 Å². The van der Waals surface area contributed by atoms with Crippen molar-refractivity contribution in [1.29, 1.82) is 0 Å². The van der Waals surface area contributed by atoms with Crippen molar-refractivity contribution in [2.75, 3.05) is 18.9 Å². The third kappa shape index (κ3) is 5.37. The number of hydrogen-bond acceptors (Lipinski definition) is 7. The fraction of sp³-hybridized carbons (Fsp3) is 0.259. The molecule has 0 saturated carbocycles. The Hall–Kier alpha value is -4.25. The van der Waals surface area contributed by atoms with Crippen molar-refractivity contribution in [1.82, 2.24) is 19.9 Å². The van der Waals surface area contributed by atoms with Gasteiger partial charge in [0.25, 0.3) is 15.6 Å². The van der Waals surface area contributed by atoms with E-state index in [1.54, 1.807) is 57.3 Å². The fourth-order valence-corrected chi connectivity index (χ4v) is 5.51. The van der Waals surface area contributed by atoms with E-state index in [-0.39, 0.29) is 34.5 Å². The molecule has 2 aromatic carbocycles. The number of ether oxygens (including phenoxy) is 1. The van der Waals surface area contributed by atoms with Gasteiger partial charge < -0.3 is 10.1 Å². The smallest absolute Gasteiger partial charge is 0.262 e. The monoisotopic (exact) mass is 535 g/mol. The lowest BCUT2D eigenvalue weighted by Crippen LogP contribution is -2.32. The van der Waals surface area contributed by atoms with E-state index in [4.69, 9.17) is 4.74 Å². The molecule has 0 aliphatic carbocycles. The first-order valence-corrected chi connectivity index (χ1v) is 13.4. The average Bonchev–Trinajstić information content (AvgIpc) is 2.90. The van der Waals surface area contributed by atoms with Gasteiger partial charge in [-0.1, -0.05) is 25.1 Å². The summed E-state index contributed by atoms with van der Waals surface area (Å²) in [6, 6.07) is 12.0. The number of nitrogens with zero attached hydrogens (tertiary/aromatic N) is 3. The van der Waals surface area contributed by atoms with Gasteiger partial charge in [-0.15, -0.1) is 0 Å². The molecule has 0 aliphatic heterocycles. The topological polar surface area (TPSA) is 132 Å². The van der Waals surface area contributed by atoms with E-state index in [9.17, 15) is 18.0 Å². The minimum Gasteiger partial charge on any atom is -0.480 e. The molecule has 2 N–H and O–H groups in total. The van der Waals surface area contributed by atoms with Crippen LogP contribution in [0.25, 0.3) is 22.0 Å². The number of rotatable bonds is 8. The second kappa shape index (κ2) is 10.6. The number of pyridine rings is 1. The number of benzene rings is 2. The molecule has 2 aromatic heterocycles. The van der Waals surface area contributed by atoms with Crippen molar-refractivity contribution in [2.45, 2.75) is 32.2 Å². The molecule has 0 spiro atoms. The first-order chi connectivity index (χ1) is 18.0. The predicted octanol–water partition coefficient (Wildman–Crippen LogP) is 3.27. The van der Waals surface area contributed by atoms with E-state index in [1.165, 1.54) is 24.2 Å². The lowest BCUT2D eigenvalue weighted by atomic mass is 10.0. The van der Waals surface area contributed by atoms with Crippen LogP contribution >= 0.6 is 0 Å². The van der Waals surface area contributed by atoms with E-state index >= 15 is 0 Å². The van der Waals surface area contributed by atoms with Gasteiger partial charge in [0.2, 0.25) is 11.8 Å². The second-order valence-corrected chi connectivity index (χ2v) is 10.8. The summed E-state index contributed by atoms with van der Waals surface area (Å²) in [7, 11) is -0.980. The Morgan fingerprint density at radius 2 is 1.84 bits per heavy atom. The highest BCUT2D eigenvalue weighted by atomic mass is 32.2. The Labute approximate surface area is 220 Å². The van der Waals surface area contributed by atoms with Crippen molar-refractivity contribution >= 4 is 32.5 Å². The fourth-order valence-electron chi connectivity index (χ4n) is 4.14. The van der Waals surface area contributed by atoms with Crippen molar-refractivity contribution in [3.05, 3.63) is 76.5 Å². The van der Waals surface area contributed by atoms with Crippen LogP contribution in [-0.2, 0) is 21.4 Å². The zero-order valence-electron chi connectivity index (χ0n) is 21.8. The Bertz CT molecular complexity index is 1700. The number of anilines is 1. The number of hydrogen-bond donors (Lipinski definition) is 2. The number of carbonyl (C=O) groups is 1. The van der Waals surface area contributed by atoms with Crippen molar-refractivity contribution in [3.63, 3.8) is 0 Å². The highest BCUT2D eigenvalue weighted by Crippen LogP contribution is 2.31. The molecule has 1 amide bonds. The molecule has 11 heteroatoms. The highest BCUT2D eigenvalue weighted by Gasteiger charge is 2.21. The Morgan fingerprint density at radius 1 is 1.08 bits per heavy atom. The molecule has 0 radical (unpaired) electrons. The van der Waals surface area contributed by atoms with Crippen molar-refractivity contribution in [3.8, 4) is 17.0 Å². The molecular formula is C27H29N5O5S. The van der Waals surface area contributed by atoms with Crippen molar-refractivity contribution in [2.24, 2.45) is 5.92 Å². The Balaban J connectivity index is 1.74. The molecule has 198 valence electrons. The third-order valence-electron chi connectivity index (χ3n) is 6.24. The van der Waals surface area contributed by atoms with E-state index in [2.05, 4.69) is 20.0 Å². The van der Waals surface area contributed by atoms with Gasteiger partial charge in [-0.2, -0.15) is 0 Å². The number of fused-ring (bicyclic) bond motifs is 1. The summed E-state index contributed by atoms with van der Waals surface area (Å²) >= 11 is 0. The number of amides is 1. The zero-order chi connectivity index (χ0) is 27.6. The summed E-state index contributed by atoms with van der Waals surface area (Å²) in [6.07, 6.45) is 2.97. The third-order valence-corrected chi connectivity index (χ3v) is 7.75. The first-order valence-electron chi connectivity index (χ1n) is 11.9. The van der Waals surface area contributed by atoms with Gasteiger partial charge in [-0.05, 0) is 54.8 Å². The van der Waals surface area contributed by atoms with Crippen molar-refractivity contribution < 1.29 is 17.9 Å². The molecule has 0 aliphatic rings. The summed E-state index contributed by atoms with van der Waals surface area (Å²) in [6.45, 7) is 5.46. The number of nitrogens with one attached hydrogen (secondary N) is 2. The van der Waals surface area contributed by atoms with Gasteiger partial charge in [-0.25, -0.2) is 18.4 Å². The van der Waals surface area contributed by atoms with Gasteiger partial charge in [0.15, 0.2) is 0 Å². The zero-order valence-corrected chi connectivity index (χ0v) is 22.6. The van der Waals surface area contributed by atoms with E-state index < -0.39 is 15.9 Å². The molecular weight excluding hydrogens is 506 g/mol. The summed E-state index contributed by atoms with van der Waals surface area (Å²) in [5, 5.41) is 2.94. The van der Waals surface area contributed by atoms with Crippen LogP contribution in [0.3, 0.4) is 0 Å². The van der Waals surface area contributed by atoms with Gasteiger partial charge in [0.1, 0.15) is 5.69 Å². The van der Waals surface area contributed by atoms with Crippen LogP contribution in [0.1, 0.15) is 18.1 Å². The van der Waals surface area contributed by atoms with Gasteiger partial charge in [0.05, 0.1) is 35.2 Å². The van der Waals surface area contributed by atoms with Gasteiger partial charge in [-0.3, -0.25) is 18.9 Å². The maximum atomic E-state index is 13.2. The van der Waals surface area contributed by atoms with Crippen LogP contribution in [0.5, 0.6) is 5.88 Å². The van der Waals surface area contributed by atoms with Crippen LogP contribution in [0.15, 0.2) is 64.7 Å². The predicted molar refractivity (Wildman–Crippen MR) is 146 cm³/mol. The second-order valence-electron chi connectivity index (χ2n) is 9.10. The van der Waals surface area contributed by atoms with Gasteiger partial charge >= 0.3 is 0 Å². The molecule has 0 saturated heterocycles. The molecule has 0 bridgehead atoms. The number of aryl methyl sites for hydroxylation is 2. The normalized spacial score (nSPS) is 12.2. The maximum Gasteiger partial charge on any atom is 0.262 e. The van der Waals surface area contributed by atoms with Crippen LogP contribution in [0.4, 0.5) is 5.69 Å². The molecule has 38 heavy (non-hydrogen) atoms. The summed E-state index contributed by atoms with van der Waals surface area (Å²) in [5.74, 6) is -0.486. The van der Waals surface area contributed by atoms with Gasteiger partial charge in [0, 0.05) is 25.4 Å². The largest absolute Gasteiger partial charge is 0.480 e. The average molecular weight is 536 g/mol. The molecule has 0 fully saturated rings. The van der Waals surface area contributed by atoms with Crippen LogP contribution < -0.4 is 20.3 Å². The quantitative estimate of drug-likeness (QED) is 0.354. The Morgan fingerprint density at radius 3 is 2.55 bits per heavy atom. The van der Waals surface area contributed by atoms with E-state index in [0.29, 0.717) is 27.6 Å². The lowest BCUT2D eigenvalue weighted by Gasteiger charge is -2.15. The molecule has 4 rings (SSSR count). The number of sulfonamides is 1. The minimum atomic E-state index is -3.93.